The summed E-state index contributed by atoms with van der Waals surface area (Å²) < 4.78 is 5.24. The summed E-state index contributed by atoms with van der Waals surface area (Å²) in [7, 11) is 0. The van der Waals surface area contributed by atoms with Gasteiger partial charge in [-0.15, -0.1) is 0 Å². The number of nitrogens with one attached hydrogen (secondary N) is 2. The van der Waals surface area contributed by atoms with Gasteiger partial charge in [-0.3, -0.25) is 14.7 Å². The van der Waals surface area contributed by atoms with Crippen molar-refractivity contribution in [3.8, 4) is 0 Å². The predicted octanol–water partition coefficient (Wildman–Crippen LogP) is 2.48. The van der Waals surface area contributed by atoms with Crippen LogP contribution in [0.3, 0.4) is 0 Å². The van der Waals surface area contributed by atoms with Gasteiger partial charge in [-0.1, -0.05) is 30.3 Å². The van der Waals surface area contributed by atoms with E-state index in [0.717, 1.165) is 17.7 Å². The molecule has 7 nitrogen and oxygen atoms in total. The van der Waals surface area contributed by atoms with Crippen molar-refractivity contribution in [2.45, 2.75) is 26.3 Å². The molecule has 1 aromatic carbocycles. The first-order valence-electron chi connectivity index (χ1n) is 9.35. The summed E-state index contributed by atoms with van der Waals surface area (Å²) in [5.41, 5.74) is 3.79. The molecule has 7 heteroatoms. The standard InChI is InChI=1S/C21H22N4O3/c1-14-16(9-12-28-14)21(27)25-11-8-18-17(13-25)19(24-23-18)20(26)22-10-7-15-5-3-2-4-6-15/h2-6,9,12H,7-8,10-11,13H2,1H3,(H,22,26)(H,23,24). The third kappa shape index (κ3) is 3.55. The van der Waals surface area contributed by atoms with Gasteiger partial charge in [-0.05, 0) is 25.0 Å². The highest BCUT2D eigenvalue weighted by atomic mass is 16.3. The van der Waals surface area contributed by atoms with Crippen LogP contribution >= 0.6 is 0 Å². The molecule has 144 valence electrons. The summed E-state index contributed by atoms with van der Waals surface area (Å²) in [6.07, 6.45) is 2.91. The number of fused-ring (bicyclic) bond motifs is 1. The third-order valence-electron chi connectivity index (χ3n) is 5.07. The number of carbonyl (C=O) groups is 2. The lowest BCUT2D eigenvalue weighted by Gasteiger charge is -2.27. The van der Waals surface area contributed by atoms with E-state index >= 15 is 0 Å². The Hall–Kier alpha value is -3.35. The normalized spacial score (nSPS) is 13.2. The lowest BCUT2D eigenvalue weighted by Crippen LogP contribution is -2.37. The van der Waals surface area contributed by atoms with E-state index in [9.17, 15) is 9.59 Å². The Morgan fingerprint density at radius 3 is 2.82 bits per heavy atom. The Morgan fingerprint density at radius 2 is 2.07 bits per heavy atom. The van der Waals surface area contributed by atoms with Gasteiger partial charge in [0, 0.05) is 30.8 Å². The molecule has 2 N–H and O–H groups in total. The van der Waals surface area contributed by atoms with E-state index in [-0.39, 0.29) is 11.8 Å². The van der Waals surface area contributed by atoms with Gasteiger partial charge in [0.05, 0.1) is 18.4 Å². The highest BCUT2D eigenvalue weighted by molar-refractivity contribution is 5.96. The highest BCUT2D eigenvalue weighted by Gasteiger charge is 2.29. The number of rotatable bonds is 5. The van der Waals surface area contributed by atoms with Gasteiger partial charge in [0.1, 0.15) is 5.76 Å². The van der Waals surface area contributed by atoms with Crippen LogP contribution in [-0.2, 0) is 19.4 Å². The number of furan rings is 1. The van der Waals surface area contributed by atoms with E-state index < -0.39 is 0 Å². The van der Waals surface area contributed by atoms with Crippen LogP contribution in [0.4, 0.5) is 0 Å². The number of aryl methyl sites for hydroxylation is 1. The molecule has 3 heterocycles. The molecule has 3 aromatic rings. The molecule has 0 unspecified atom stereocenters. The highest BCUT2D eigenvalue weighted by Crippen LogP contribution is 2.23. The van der Waals surface area contributed by atoms with E-state index in [0.29, 0.717) is 43.1 Å². The predicted molar refractivity (Wildman–Crippen MR) is 103 cm³/mol. The van der Waals surface area contributed by atoms with Crippen LogP contribution in [0.5, 0.6) is 0 Å². The van der Waals surface area contributed by atoms with E-state index in [1.165, 1.54) is 11.8 Å². The maximum absolute atomic E-state index is 12.8. The molecule has 2 aromatic heterocycles. The molecule has 1 aliphatic heterocycles. The summed E-state index contributed by atoms with van der Waals surface area (Å²) in [5, 5.41) is 10.1. The smallest absolute Gasteiger partial charge is 0.272 e. The van der Waals surface area contributed by atoms with E-state index in [4.69, 9.17) is 4.42 Å². The average molecular weight is 378 g/mol. The second-order valence-corrected chi connectivity index (χ2v) is 6.89. The van der Waals surface area contributed by atoms with Crippen LogP contribution in [0.1, 0.15) is 43.4 Å². The second-order valence-electron chi connectivity index (χ2n) is 6.89. The summed E-state index contributed by atoms with van der Waals surface area (Å²) >= 11 is 0. The molecular formula is C21H22N4O3. The van der Waals surface area contributed by atoms with Crippen molar-refractivity contribution in [3.63, 3.8) is 0 Å². The largest absolute Gasteiger partial charge is 0.469 e. The maximum Gasteiger partial charge on any atom is 0.272 e. The summed E-state index contributed by atoms with van der Waals surface area (Å²) in [6.45, 7) is 3.23. The van der Waals surface area contributed by atoms with Crippen LogP contribution in [0.15, 0.2) is 47.1 Å². The number of H-pyrrole nitrogens is 1. The lowest BCUT2D eigenvalue weighted by molar-refractivity contribution is 0.0729. The molecule has 0 saturated carbocycles. The van der Waals surface area contributed by atoms with E-state index in [1.54, 1.807) is 17.9 Å². The van der Waals surface area contributed by atoms with Gasteiger partial charge in [-0.2, -0.15) is 5.10 Å². The minimum atomic E-state index is -0.220. The molecule has 0 atom stereocenters. The van der Waals surface area contributed by atoms with Gasteiger partial charge in [0.25, 0.3) is 11.8 Å². The quantitative estimate of drug-likeness (QED) is 0.714. The van der Waals surface area contributed by atoms with Crippen LogP contribution in [0, 0.1) is 6.92 Å². The third-order valence-corrected chi connectivity index (χ3v) is 5.07. The first-order valence-corrected chi connectivity index (χ1v) is 9.35. The molecule has 28 heavy (non-hydrogen) atoms. The first kappa shape index (κ1) is 18.0. The van der Waals surface area contributed by atoms with E-state index in [2.05, 4.69) is 15.5 Å². The van der Waals surface area contributed by atoms with Crippen LogP contribution in [0.2, 0.25) is 0 Å². The number of hydrogen-bond acceptors (Lipinski definition) is 4. The number of carbonyl (C=O) groups excluding carboxylic acids is 2. The van der Waals surface area contributed by atoms with Crippen molar-refractivity contribution < 1.29 is 14.0 Å². The molecular weight excluding hydrogens is 356 g/mol. The molecule has 0 radical (unpaired) electrons. The molecule has 0 saturated heterocycles. The van der Waals surface area contributed by atoms with Gasteiger partial charge in [0.15, 0.2) is 5.69 Å². The van der Waals surface area contributed by atoms with Crippen molar-refractivity contribution in [1.29, 1.82) is 0 Å². The number of amides is 2. The summed E-state index contributed by atoms with van der Waals surface area (Å²) in [6, 6.07) is 11.7. The van der Waals surface area contributed by atoms with Gasteiger partial charge >= 0.3 is 0 Å². The van der Waals surface area contributed by atoms with Gasteiger partial charge in [-0.25, -0.2) is 0 Å². The molecule has 0 spiro atoms. The SMILES string of the molecule is Cc1occc1C(=O)N1CCc2[nH]nc(C(=O)NCCc3ccccc3)c2C1. The van der Waals surface area contributed by atoms with Crippen molar-refractivity contribution in [1.82, 2.24) is 20.4 Å². The molecule has 4 rings (SSSR count). The van der Waals surface area contributed by atoms with Crippen LogP contribution in [0.25, 0.3) is 0 Å². The Morgan fingerprint density at radius 1 is 1.25 bits per heavy atom. The number of aromatic nitrogens is 2. The molecule has 0 aliphatic carbocycles. The number of benzene rings is 1. The zero-order valence-corrected chi connectivity index (χ0v) is 15.7. The fraction of sp³-hybridized carbons (Fsp3) is 0.286. The minimum Gasteiger partial charge on any atom is -0.469 e. The van der Waals surface area contributed by atoms with Crippen molar-refractivity contribution in [2.24, 2.45) is 0 Å². The fourth-order valence-electron chi connectivity index (χ4n) is 3.48. The zero-order chi connectivity index (χ0) is 19.5. The Kier molecular flexibility index (Phi) is 4.97. The molecule has 0 fully saturated rings. The number of nitrogens with zero attached hydrogens (tertiary/aromatic N) is 2. The first-order chi connectivity index (χ1) is 13.6. The topological polar surface area (TPSA) is 91.2 Å². The maximum atomic E-state index is 12.8. The number of aromatic amines is 1. The molecule has 0 bridgehead atoms. The fourth-order valence-corrected chi connectivity index (χ4v) is 3.48. The average Bonchev–Trinajstić information content (AvgIpc) is 3.33. The second kappa shape index (κ2) is 7.72. The van der Waals surface area contributed by atoms with Crippen molar-refractivity contribution >= 4 is 11.8 Å². The minimum absolute atomic E-state index is 0.0893. The Bertz CT molecular complexity index is 990. The number of hydrogen-bond donors (Lipinski definition) is 2. The van der Waals surface area contributed by atoms with Crippen molar-refractivity contribution in [3.05, 3.63) is 76.5 Å². The molecule has 1 aliphatic rings. The zero-order valence-electron chi connectivity index (χ0n) is 15.7. The van der Waals surface area contributed by atoms with Crippen LogP contribution < -0.4 is 5.32 Å². The monoisotopic (exact) mass is 378 g/mol. The van der Waals surface area contributed by atoms with Gasteiger partial charge < -0.3 is 14.6 Å². The Balaban J connectivity index is 1.42. The molecule has 2 amide bonds. The van der Waals surface area contributed by atoms with Crippen LogP contribution in [-0.4, -0.2) is 40.0 Å². The summed E-state index contributed by atoms with van der Waals surface area (Å²) in [4.78, 5) is 27.1. The van der Waals surface area contributed by atoms with Crippen molar-refractivity contribution in [2.75, 3.05) is 13.1 Å². The summed E-state index contributed by atoms with van der Waals surface area (Å²) in [5.74, 6) is 0.289. The lowest BCUT2D eigenvalue weighted by atomic mass is 10.0. The van der Waals surface area contributed by atoms with E-state index in [1.807, 2.05) is 30.3 Å². The Labute approximate surface area is 162 Å². The van der Waals surface area contributed by atoms with Gasteiger partial charge in [0.2, 0.25) is 0 Å².